The number of amides is 1. The summed E-state index contributed by atoms with van der Waals surface area (Å²) < 4.78 is 14.8. The summed E-state index contributed by atoms with van der Waals surface area (Å²) in [5.74, 6) is -0.702. The molecule has 1 amide bonds. The third-order valence-electron chi connectivity index (χ3n) is 6.84. The van der Waals surface area contributed by atoms with Gasteiger partial charge in [-0.15, -0.1) is 0 Å². The molecule has 1 saturated carbocycles. The van der Waals surface area contributed by atoms with Crippen LogP contribution in [0.1, 0.15) is 70.4 Å². The van der Waals surface area contributed by atoms with Gasteiger partial charge in [0.15, 0.2) is 0 Å². The number of aliphatic imine (C=N–C) groups is 1. The molecule has 7 heteroatoms. The standard InChI is InChI=1S/C28H32FN3O3.C2H6/c1-18(22-12-8-20(16-23(22)29)9-13-27(33)34)15-26-30-24(17-25(31(26)3)21-10-11-21)28(35)32-14-6-4-5-7-19(32)2;1-2/h8-9,12-13,15-17,19,21H,1,4-7,10-11,14H2,2-3H3,(H,33,34);1-2H3/b13-9+,26-15-;. The molecule has 1 aromatic rings. The molecule has 2 heterocycles. The number of benzene rings is 1. The largest absolute Gasteiger partial charge is 0.478 e. The number of carboxylic acids is 1. The first kappa shape index (κ1) is 28.1. The van der Waals surface area contributed by atoms with E-state index in [0.717, 1.165) is 56.8 Å². The maximum Gasteiger partial charge on any atom is 0.328 e. The molecule has 1 atom stereocenters. The second kappa shape index (κ2) is 12.7. The molecule has 0 spiro atoms. The van der Waals surface area contributed by atoms with Crippen LogP contribution in [0.2, 0.25) is 0 Å². The number of halogens is 1. The minimum Gasteiger partial charge on any atom is -0.478 e. The van der Waals surface area contributed by atoms with E-state index in [0.29, 0.717) is 34.2 Å². The summed E-state index contributed by atoms with van der Waals surface area (Å²) in [4.78, 5) is 32.8. The summed E-state index contributed by atoms with van der Waals surface area (Å²) in [6.45, 7) is 10.9. The Morgan fingerprint density at radius 3 is 2.54 bits per heavy atom. The highest BCUT2D eigenvalue weighted by molar-refractivity contribution is 6.43. The monoisotopic (exact) mass is 507 g/mol. The van der Waals surface area contributed by atoms with Gasteiger partial charge < -0.3 is 14.9 Å². The first-order valence-corrected chi connectivity index (χ1v) is 13.2. The number of allylic oxidation sites excluding steroid dienone is 3. The van der Waals surface area contributed by atoms with Crippen LogP contribution in [0, 0.1) is 11.7 Å². The molecule has 4 rings (SSSR count). The Hall–Kier alpha value is -3.48. The number of likely N-dealkylation sites (tertiary alicyclic amines) is 1. The number of carbonyl (C=O) groups is 2. The fourth-order valence-electron chi connectivity index (χ4n) is 4.63. The van der Waals surface area contributed by atoms with Crippen LogP contribution < -0.4 is 0 Å². The van der Waals surface area contributed by atoms with E-state index in [1.165, 1.54) is 12.1 Å². The van der Waals surface area contributed by atoms with E-state index in [1.807, 2.05) is 36.8 Å². The number of hydrogen-bond donors (Lipinski definition) is 1. The minimum atomic E-state index is -1.10. The molecule has 0 radical (unpaired) electrons. The molecule has 1 saturated heterocycles. The highest BCUT2D eigenvalue weighted by Crippen LogP contribution is 2.41. The molecule has 2 aliphatic heterocycles. The summed E-state index contributed by atoms with van der Waals surface area (Å²) in [7, 11) is 1.92. The zero-order chi connectivity index (χ0) is 27.1. The molecule has 1 aromatic carbocycles. The first-order valence-electron chi connectivity index (χ1n) is 13.2. The quantitative estimate of drug-likeness (QED) is 0.460. The third-order valence-corrected chi connectivity index (χ3v) is 6.84. The van der Waals surface area contributed by atoms with Crippen LogP contribution in [-0.4, -0.2) is 52.1 Å². The smallest absolute Gasteiger partial charge is 0.328 e. The van der Waals surface area contributed by atoms with Crippen molar-refractivity contribution >= 4 is 29.2 Å². The van der Waals surface area contributed by atoms with Gasteiger partial charge in [-0.3, -0.25) is 4.79 Å². The lowest BCUT2D eigenvalue weighted by Gasteiger charge is -2.31. The SMILES string of the molecule is C=C(/C=C1/N=C(C(=O)N2CCCCCC2C)C=C(C2CC2)N1C)c1ccc(/C=C/C(=O)O)cc1F.CC. The first-order chi connectivity index (χ1) is 17.7. The van der Waals surface area contributed by atoms with E-state index in [4.69, 9.17) is 10.1 Å². The normalized spacial score (nSPS) is 21.1. The van der Waals surface area contributed by atoms with Gasteiger partial charge in [0.25, 0.3) is 5.91 Å². The Morgan fingerprint density at radius 2 is 1.89 bits per heavy atom. The predicted molar refractivity (Wildman–Crippen MR) is 147 cm³/mol. The number of carboxylic acid groups (broad SMARTS) is 1. The third kappa shape index (κ3) is 7.06. The number of nitrogens with zero attached hydrogens (tertiary/aromatic N) is 3. The van der Waals surface area contributed by atoms with Crippen LogP contribution >= 0.6 is 0 Å². The van der Waals surface area contributed by atoms with E-state index in [9.17, 15) is 14.0 Å². The molecule has 2 fully saturated rings. The number of rotatable bonds is 6. The van der Waals surface area contributed by atoms with Gasteiger partial charge in [-0.1, -0.05) is 45.4 Å². The molecular weight excluding hydrogens is 469 g/mol. The molecular formula is C30H38FN3O3. The van der Waals surface area contributed by atoms with E-state index in [-0.39, 0.29) is 11.9 Å². The van der Waals surface area contributed by atoms with E-state index in [2.05, 4.69) is 13.5 Å². The number of hydrogen-bond acceptors (Lipinski definition) is 4. The van der Waals surface area contributed by atoms with Gasteiger partial charge in [0.2, 0.25) is 0 Å². The fourth-order valence-corrected chi connectivity index (χ4v) is 4.63. The lowest BCUT2D eigenvalue weighted by Crippen LogP contribution is -2.43. The molecule has 3 aliphatic rings. The van der Waals surface area contributed by atoms with Crippen molar-refractivity contribution in [2.75, 3.05) is 13.6 Å². The van der Waals surface area contributed by atoms with Crippen molar-refractivity contribution in [3.8, 4) is 0 Å². The average Bonchev–Trinajstić information content (AvgIpc) is 3.73. The van der Waals surface area contributed by atoms with Crippen molar-refractivity contribution in [1.82, 2.24) is 9.80 Å². The van der Waals surface area contributed by atoms with Crippen LogP contribution in [0.25, 0.3) is 11.6 Å². The second-order valence-corrected chi connectivity index (χ2v) is 9.54. The van der Waals surface area contributed by atoms with Crippen molar-refractivity contribution in [1.29, 1.82) is 0 Å². The topological polar surface area (TPSA) is 73.2 Å². The fraction of sp³-hybridized carbons (Fsp3) is 0.433. The van der Waals surface area contributed by atoms with Gasteiger partial charge >= 0.3 is 5.97 Å². The number of carbonyl (C=O) groups excluding carboxylic acids is 1. The van der Waals surface area contributed by atoms with Crippen molar-refractivity contribution in [3.63, 3.8) is 0 Å². The Balaban J connectivity index is 0.00000186. The highest BCUT2D eigenvalue weighted by Gasteiger charge is 2.34. The summed E-state index contributed by atoms with van der Waals surface area (Å²) in [6, 6.07) is 4.67. The molecule has 1 unspecified atom stereocenters. The van der Waals surface area contributed by atoms with Crippen LogP contribution in [0.3, 0.4) is 0 Å². The van der Waals surface area contributed by atoms with Crippen molar-refractivity contribution in [2.45, 2.75) is 65.3 Å². The Labute approximate surface area is 219 Å². The molecule has 198 valence electrons. The van der Waals surface area contributed by atoms with Gasteiger partial charge in [-0.2, -0.15) is 0 Å². The lowest BCUT2D eigenvalue weighted by molar-refractivity contribution is -0.131. The maximum atomic E-state index is 14.8. The summed E-state index contributed by atoms with van der Waals surface area (Å²) in [5, 5.41) is 8.78. The molecule has 0 bridgehead atoms. The van der Waals surface area contributed by atoms with Crippen LogP contribution in [0.15, 0.2) is 59.5 Å². The second-order valence-electron chi connectivity index (χ2n) is 9.54. The van der Waals surface area contributed by atoms with Gasteiger partial charge in [0.1, 0.15) is 17.3 Å². The zero-order valence-corrected chi connectivity index (χ0v) is 22.3. The van der Waals surface area contributed by atoms with Gasteiger partial charge in [0.05, 0.1) is 0 Å². The molecule has 0 aromatic heterocycles. The van der Waals surface area contributed by atoms with Crippen molar-refractivity contribution in [3.05, 3.63) is 71.5 Å². The molecule has 37 heavy (non-hydrogen) atoms. The van der Waals surface area contributed by atoms with Crippen LogP contribution in [-0.2, 0) is 9.59 Å². The summed E-state index contributed by atoms with van der Waals surface area (Å²) in [5.41, 5.74) is 2.64. The average molecular weight is 508 g/mol. The minimum absolute atomic E-state index is 0.0529. The van der Waals surface area contributed by atoms with Crippen molar-refractivity contribution in [2.24, 2.45) is 10.9 Å². The summed E-state index contributed by atoms with van der Waals surface area (Å²) in [6.07, 6.45) is 12.3. The van der Waals surface area contributed by atoms with E-state index < -0.39 is 11.8 Å². The van der Waals surface area contributed by atoms with Crippen molar-refractivity contribution < 1.29 is 19.1 Å². The molecule has 6 nitrogen and oxygen atoms in total. The van der Waals surface area contributed by atoms with Crippen LogP contribution in [0.5, 0.6) is 0 Å². The predicted octanol–water partition coefficient (Wildman–Crippen LogP) is 6.28. The van der Waals surface area contributed by atoms with Gasteiger partial charge in [0, 0.05) is 37.0 Å². The van der Waals surface area contributed by atoms with E-state index >= 15 is 0 Å². The Kier molecular flexibility index (Phi) is 9.61. The lowest BCUT2D eigenvalue weighted by atomic mass is 10.0. The summed E-state index contributed by atoms with van der Waals surface area (Å²) >= 11 is 0. The zero-order valence-electron chi connectivity index (χ0n) is 22.3. The van der Waals surface area contributed by atoms with E-state index in [1.54, 1.807) is 18.2 Å². The Bertz CT molecular complexity index is 1160. The Morgan fingerprint density at radius 1 is 1.16 bits per heavy atom. The van der Waals surface area contributed by atoms with Gasteiger partial charge in [-0.25, -0.2) is 14.2 Å². The molecule has 1 N–H and O–H groups in total. The number of aliphatic carboxylic acids is 1. The van der Waals surface area contributed by atoms with Crippen LogP contribution in [0.4, 0.5) is 4.39 Å². The van der Waals surface area contributed by atoms with Gasteiger partial charge in [-0.05, 0) is 74.0 Å². The molecule has 1 aliphatic carbocycles. The highest BCUT2D eigenvalue weighted by atomic mass is 19.1. The maximum absolute atomic E-state index is 14.8.